The highest BCUT2D eigenvalue weighted by atomic mass is 16.5. The van der Waals surface area contributed by atoms with Gasteiger partial charge in [0, 0.05) is 27.1 Å². The predicted octanol–water partition coefficient (Wildman–Crippen LogP) is 0.539. The van der Waals surface area contributed by atoms with Gasteiger partial charge in [-0.2, -0.15) is 0 Å². The first kappa shape index (κ1) is 14.0. The highest BCUT2D eigenvalue weighted by Crippen LogP contribution is 2.16. The molecule has 0 spiro atoms. The number of carbonyl (C=O) groups is 2. The average molecular weight is 242 g/mol. The quantitative estimate of drug-likeness (QED) is 0.765. The molecule has 17 heavy (non-hydrogen) atoms. The Hall–Kier alpha value is -1.10. The Labute approximate surface area is 102 Å². The molecule has 1 saturated heterocycles. The van der Waals surface area contributed by atoms with Crippen LogP contribution < -0.4 is 5.32 Å². The maximum atomic E-state index is 11.6. The molecule has 1 heterocycles. The average Bonchev–Trinajstić information content (AvgIpc) is 2.77. The van der Waals surface area contributed by atoms with Crippen LogP contribution >= 0.6 is 0 Å². The maximum Gasteiger partial charge on any atom is 0.244 e. The van der Waals surface area contributed by atoms with Crippen molar-refractivity contribution in [2.75, 3.05) is 20.7 Å². The van der Waals surface area contributed by atoms with Gasteiger partial charge in [-0.3, -0.25) is 9.59 Å². The van der Waals surface area contributed by atoms with Crippen molar-refractivity contribution < 1.29 is 14.3 Å². The Balaban J connectivity index is 2.21. The van der Waals surface area contributed by atoms with E-state index in [0.717, 1.165) is 25.9 Å². The molecular weight excluding hydrogens is 220 g/mol. The van der Waals surface area contributed by atoms with E-state index < -0.39 is 6.04 Å². The van der Waals surface area contributed by atoms with Crippen LogP contribution in [0.15, 0.2) is 0 Å². The zero-order valence-corrected chi connectivity index (χ0v) is 10.9. The monoisotopic (exact) mass is 242 g/mol. The Morgan fingerprint density at radius 2 is 2.18 bits per heavy atom. The summed E-state index contributed by atoms with van der Waals surface area (Å²) in [6.45, 7) is 2.51. The third kappa shape index (κ3) is 4.73. The lowest BCUT2D eigenvalue weighted by atomic mass is 10.1. The molecule has 1 aliphatic rings. The summed E-state index contributed by atoms with van der Waals surface area (Å²) < 4.78 is 5.44. The normalized spacial score (nSPS) is 21.0. The van der Waals surface area contributed by atoms with Crippen molar-refractivity contribution in [2.24, 2.45) is 0 Å². The molecule has 0 aromatic heterocycles. The molecule has 2 atom stereocenters. The molecule has 1 aliphatic heterocycles. The first-order chi connectivity index (χ1) is 8.00. The van der Waals surface area contributed by atoms with Gasteiger partial charge in [0.2, 0.25) is 11.8 Å². The van der Waals surface area contributed by atoms with Crippen molar-refractivity contribution in [3.05, 3.63) is 0 Å². The summed E-state index contributed by atoms with van der Waals surface area (Å²) in [6, 6.07) is -0.456. The van der Waals surface area contributed by atoms with Crippen LogP contribution in [0.3, 0.4) is 0 Å². The fraction of sp³-hybridized carbons (Fsp3) is 0.833. The lowest BCUT2D eigenvalue weighted by molar-refractivity contribution is -0.134. The van der Waals surface area contributed by atoms with Crippen molar-refractivity contribution in [1.82, 2.24) is 10.2 Å². The van der Waals surface area contributed by atoms with Crippen LogP contribution in [0.4, 0.5) is 0 Å². The number of hydrogen-bond acceptors (Lipinski definition) is 3. The number of hydrogen-bond donors (Lipinski definition) is 1. The Bertz CT molecular complexity index is 273. The summed E-state index contributed by atoms with van der Waals surface area (Å²) in [5.41, 5.74) is 0. The molecule has 5 heteroatoms. The second-order valence-corrected chi connectivity index (χ2v) is 4.70. The van der Waals surface area contributed by atoms with Crippen LogP contribution in [0.5, 0.6) is 0 Å². The third-order valence-electron chi connectivity index (χ3n) is 2.91. The molecular formula is C12H22N2O3. The van der Waals surface area contributed by atoms with E-state index in [0.29, 0.717) is 6.42 Å². The van der Waals surface area contributed by atoms with Gasteiger partial charge in [-0.25, -0.2) is 0 Å². The summed E-state index contributed by atoms with van der Waals surface area (Å²) in [4.78, 5) is 24.6. The van der Waals surface area contributed by atoms with Gasteiger partial charge in [-0.15, -0.1) is 0 Å². The minimum atomic E-state index is -0.456. The van der Waals surface area contributed by atoms with Crippen LogP contribution in [0.2, 0.25) is 0 Å². The number of likely N-dealkylation sites (N-methyl/N-ethyl adjacent to an activating group) is 1. The van der Waals surface area contributed by atoms with Crippen molar-refractivity contribution in [3.63, 3.8) is 0 Å². The fourth-order valence-electron chi connectivity index (χ4n) is 1.93. The molecule has 0 bridgehead atoms. The van der Waals surface area contributed by atoms with E-state index in [9.17, 15) is 9.59 Å². The van der Waals surface area contributed by atoms with Gasteiger partial charge in [0.15, 0.2) is 0 Å². The molecule has 1 N–H and O–H groups in total. The number of nitrogens with zero attached hydrogens (tertiary/aromatic N) is 1. The van der Waals surface area contributed by atoms with Gasteiger partial charge in [0.1, 0.15) is 6.04 Å². The van der Waals surface area contributed by atoms with E-state index in [1.165, 1.54) is 4.90 Å². The van der Waals surface area contributed by atoms with Gasteiger partial charge < -0.3 is 15.0 Å². The van der Waals surface area contributed by atoms with Crippen LogP contribution in [0, 0.1) is 0 Å². The van der Waals surface area contributed by atoms with Crippen molar-refractivity contribution in [3.8, 4) is 0 Å². The van der Waals surface area contributed by atoms with E-state index in [1.54, 1.807) is 21.0 Å². The SMILES string of the molecule is C[C@@H](NC(=O)CC[C@@H]1CCCO1)C(=O)N(C)C. The van der Waals surface area contributed by atoms with Gasteiger partial charge in [-0.05, 0) is 26.2 Å². The molecule has 0 aliphatic carbocycles. The van der Waals surface area contributed by atoms with E-state index in [-0.39, 0.29) is 17.9 Å². The molecule has 2 amide bonds. The number of carbonyl (C=O) groups excluding carboxylic acids is 2. The smallest absolute Gasteiger partial charge is 0.244 e. The number of nitrogens with one attached hydrogen (secondary N) is 1. The summed E-state index contributed by atoms with van der Waals surface area (Å²) in [7, 11) is 3.36. The molecule has 0 radical (unpaired) electrons. The number of ether oxygens (including phenoxy) is 1. The molecule has 0 aromatic rings. The van der Waals surface area contributed by atoms with Crippen LogP contribution in [0.25, 0.3) is 0 Å². The second-order valence-electron chi connectivity index (χ2n) is 4.70. The van der Waals surface area contributed by atoms with Crippen molar-refractivity contribution >= 4 is 11.8 Å². The largest absolute Gasteiger partial charge is 0.378 e. The number of rotatable bonds is 5. The minimum Gasteiger partial charge on any atom is -0.378 e. The molecule has 1 fully saturated rings. The molecule has 0 aromatic carbocycles. The first-order valence-corrected chi connectivity index (χ1v) is 6.13. The van der Waals surface area contributed by atoms with Crippen molar-refractivity contribution in [1.29, 1.82) is 0 Å². The highest BCUT2D eigenvalue weighted by molar-refractivity contribution is 5.86. The summed E-state index contributed by atoms with van der Waals surface area (Å²) >= 11 is 0. The Kier molecular flexibility index (Phi) is 5.41. The molecule has 0 unspecified atom stereocenters. The molecule has 1 rings (SSSR count). The standard InChI is InChI=1S/C12H22N2O3/c1-9(12(16)14(2)3)13-11(15)7-6-10-5-4-8-17-10/h9-10H,4-8H2,1-3H3,(H,13,15)/t9-,10+/m1/s1. The van der Waals surface area contributed by atoms with E-state index in [1.807, 2.05) is 0 Å². The van der Waals surface area contributed by atoms with Gasteiger partial charge >= 0.3 is 0 Å². The van der Waals surface area contributed by atoms with Gasteiger partial charge in [0.25, 0.3) is 0 Å². The minimum absolute atomic E-state index is 0.0804. The van der Waals surface area contributed by atoms with Crippen LogP contribution in [-0.2, 0) is 14.3 Å². The fourth-order valence-corrected chi connectivity index (χ4v) is 1.93. The van der Waals surface area contributed by atoms with E-state index in [2.05, 4.69) is 5.32 Å². The topological polar surface area (TPSA) is 58.6 Å². The Morgan fingerprint density at radius 3 is 2.71 bits per heavy atom. The van der Waals surface area contributed by atoms with E-state index >= 15 is 0 Å². The lowest BCUT2D eigenvalue weighted by Gasteiger charge is -2.18. The highest BCUT2D eigenvalue weighted by Gasteiger charge is 2.19. The van der Waals surface area contributed by atoms with Crippen LogP contribution in [-0.4, -0.2) is 49.6 Å². The summed E-state index contributed by atoms with van der Waals surface area (Å²) in [5, 5.41) is 2.70. The predicted molar refractivity (Wildman–Crippen MR) is 64.5 cm³/mol. The zero-order valence-electron chi connectivity index (χ0n) is 10.9. The van der Waals surface area contributed by atoms with Crippen LogP contribution in [0.1, 0.15) is 32.6 Å². The van der Waals surface area contributed by atoms with Gasteiger partial charge in [-0.1, -0.05) is 0 Å². The molecule has 0 saturated carbocycles. The third-order valence-corrected chi connectivity index (χ3v) is 2.91. The van der Waals surface area contributed by atoms with Crippen molar-refractivity contribution in [2.45, 2.75) is 44.8 Å². The van der Waals surface area contributed by atoms with Gasteiger partial charge in [0.05, 0.1) is 6.10 Å². The summed E-state index contributed by atoms with van der Waals surface area (Å²) in [6.07, 6.45) is 3.52. The number of amides is 2. The first-order valence-electron chi connectivity index (χ1n) is 6.13. The Morgan fingerprint density at radius 1 is 1.47 bits per heavy atom. The second kappa shape index (κ2) is 6.59. The maximum absolute atomic E-state index is 11.6. The zero-order chi connectivity index (χ0) is 12.8. The summed E-state index contributed by atoms with van der Waals surface area (Å²) in [5.74, 6) is -0.168. The van der Waals surface area contributed by atoms with E-state index in [4.69, 9.17) is 4.74 Å². The lowest BCUT2D eigenvalue weighted by Crippen LogP contribution is -2.44. The molecule has 5 nitrogen and oxygen atoms in total. The molecule has 98 valence electrons.